The zero-order valence-electron chi connectivity index (χ0n) is 20.1. The third kappa shape index (κ3) is 5.55. The fourth-order valence-corrected chi connectivity index (χ4v) is 4.43. The summed E-state index contributed by atoms with van der Waals surface area (Å²) in [4.78, 5) is 56.5. The highest BCUT2D eigenvalue weighted by molar-refractivity contribution is 6.08. The molecule has 4 rings (SSSR count). The van der Waals surface area contributed by atoms with E-state index in [-0.39, 0.29) is 12.5 Å². The minimum absolute atomic E-state index is 0.0157. The summed E-state index contributed by atoms with van der Waals surface area (Å²) in [5.74, 6) is -0.338. The standard InChI is InChI=1S/C23H32N6O6/c1-23(17-3-5-18(34-2)6-4-17)21(32)29(22(33)24-23)25-19(30)15-26-7-9-28(10-8-26)20(31)16-27-11-13-35-14-12-27/h3-6H,7-16H2,1-2H3,(H,24,33)(H,25,30). The van der Waals surface area contributed by atoms with Crippen molar-refractivity contribution in [1.29, 1.82) is 0 Å². The van der Waals surface area contributed by atoms with E-state index >= 15 is 0 Å². The van der Waals surface area contributed by atoms with Crippen molar-refractivity contribution >= 4 is 23.8 Å². The van der Waals surface area contributed by atoms with Crippen LogP contribution in [0.2, 0.25) is 0 Å². The fraction of sp³-hybridized carbons (Fsp3) is 0.565. The Bertz CT molecular complexity index is 958. The van der Waals surface area contributed by atoms with Gasteiger partial charge in [0.15, 0.2) is 0 Å². The van der Waals surface area contributed by atoms with Gasteiger partial charge in [-0.3, -0.25) is 29.6 Å². The van der Waals surface area contributed by atoms with Gasteiger partial charge in [0.1, 0.15) is 11.3 Å². The molecule has 3 fully saturated rings. The predicted octanol–water partition coefficient (Wildman–Crippen LogP) is -1.03. The summed E-state index contributed by atoms with van der Waals surface area (Å²) in [7, 11) is 1.54. The van der Waals surface area contributed by atoms with Crippen LogP contribution in [0.5, 0.6) is 5.75 Å². The van der Waals surface area contributed by atoms with Crippen molar-refractivity contribution in [3.8, 4) is 5.75 Å². The Kier molecular flexibility index (Phi) is 7.53. The van der Waals surface area contributed by atoms with E-state index in [1.807, 2.05) is 9.80 Å². The van der Waals surface area contributed by atoms with Crippen LogP contribution in [0.4, 0.5) is 4.79 Å². The monoisotopic (exact) mass is 488 g/mol. The summed E-state index contributed by atoms with van der Waals surface area (Å²) < 4.78 is 10.5. The summed E-state index contributed by atoms with van der Waals surface area (Å²) in [6.45, 7) is 6.90. The van der Waals surface area contributed by atoms with Crippen molar-refractivity contribution < 1.29 is 28.7 Å². The third-order valence-electron chi connectivity index (χ3n) is 6.65. The number of ether oxygens (including phenoxy) is 2. The number of benzene rings is 1. The van der Waals surface area contributed by atoms with Gasteiger partial charge in [0, 0.05) is 39.3 Å². The van der Waals surface area contributed by atoms with E-state index in [0.29, 0.717) is 57.3 Å². The van der Waals surface area contributed by atoms with Gasteiger partial charge in [-0.25, -0.2) is 4.79 Å². The molecule has 0 aliphatic carbocycles. The van der Waals surface area contributed by atoms with Crippen molar-refractivity contribution in [3.63, 3.8) is 0 Å². The maximum atomic E-state index is 13.0. The Morgan fingerprint density at radius 1 is 1.00 bits per heavy atom. The number of imide groups is 1. The molecule has 0 saturated carbocycles. The largest absolute Gasteiger partial charge is 0.497 e. The quantitative estimate of drug-likeness (QED) is 0.467. The van der Waals surface area contributed by atoms with E-state index < -0.39 is 23.4 Å². The molecular weight excluding hydrogens is 456 g/mol. The van der Waals surface area contributed by atoms with Crippen LogP contribution in [0.3, 0.4) is 0 Å². The lowest BCUT2D eigenvalue weighted by Crippen LogP contribution is -2.55. The molecule has 1 aromatic rings. The van der Waals surface area contributed by atoms with Crippen molar-refractivity contribution in [2.24, 2.45) is 0 Å². The molecule has 3 saturated heterocycles. The number of nitrogens with zero attached hydrogens (tertiary/aromatic N) is 4. The molecule has 1 aromatic carbocycles. The van der Waals surface area contributed by atoms with Crippen LogP contribution < -0.4 is 15.5 Å². The predicted molar refractivity (Wildman–Crippen MR) is 124 cm³/mol. The molecule has 0 aromatic heterocycles. The molecule has 3 aliphatic heterocycles. The second-order valence-electron chi connectivity index (χ2n) is 9.00. The van der Waals surface area contributed by atoms with Crippen molar-refractivity contribution in [1.82, 2.24) is 30.5 Å². The lowest BCUT2D eigenvalue weighted by Gasteiger charge is -2.36. The van der Waals surface area contributed by atoms with Crippen LogP contribution in [0, 0.1) is 0 Å². The van der Waals surface area contributed by atoms with Crippen molar-refractivity contribution in [3.05, 3.63) is 29.8 Å². The molecule has 1 unspecified atom stereocenters. The second-order valence-corrected chi connectivity index (χ2v) is 9.00. The van der Waals surface area contributed by atoms with Gasteiger partial charge < -0.3 is 19.7 Å². The molecule has 5 amide bonds. The first-order valence-corrected chi connectivity index (χ1v) is 11.7. The summed E-state index contributed by atoms with van der Waals surface area (Å²) in [6, 6.07) is 6.10. The molecule has 12 heteroatoms. The van der Waals surface area contributed by atoms with Gasteiger partial charge in [0.2, 0.25) is 5.91 Å². The van der Waals surface area contributed by atoms with Crippen LogP contribution in [-0.4, -0.2) is 116 Å². The van der Waals surface area contributed by atoms with Gasteiger partial charge in [-0.2, -0.15) is 5.01 Å². The van der Waals surface area contributed by atoms with Crippen LogP contribution in [0.1, 0.15) is 12.5 Å². The highest BCUT2D eigenvalue weighted by Gasteiger charge is 2.50. The normalized spacial score (nSPS) is 23.8. The number of hydrogen-bond acceptors (Lipinski definition) is 8. The molecule has 2 N–H and O–H groups in total. The minimum Gasteiger partial charge on any atom is -0.497 e. The number of rotatable bonds is 7. The highest BCUT2D eigenvalue weighted by atomic mass is 16.5. The van der Waals surface area contributed by atoms with Gasteiger partial charge in [-0.05, 0) is 24.6 Å². The maximum absolute atomic E-state index is 13.0. The second kappa shape index (κ2) is 10.6. The van der Waals surface area contributed by atoms with Crippen LogP contribution in [-0.2, 0) is 24.7 Å². The van der Waals surface area contributed by atoms with Crippen molar-refractivity contribution in [2.45, 2.75) is 12.5 Å². The number of piperazine rings is 1. The first-order chi connectivity index (χ1) is 16.8. The number of hydrazine groups is 1. The molecule has 190 valence electrons. The van der Waals surface area contributed by atoms with E-state index in [1.54, 1.807) is 38.3 Å². The molecule has 0 spiro atoms. The zero-order valence-corrected chi connectivity index (χ0v) is 20.1. The van der Waals surface area contributed by atoms with Gasteiger partial charge in [-0.1, -0.05) is 12.1 Å². The van der Waals surface area contributed by atoms with E-state index in [1.165, 1.54) is 0 Å². The molecular formula is C23H32N6O6. The Morgan fingerprint density at radius 3 is 2.26 bits per heavy atom. The number of hydrogen-bond donors (Lipinski definition) is 2. The fourth-order valence-electron chi connectivity index (χ4n) is 4.43. The molecule has 3 aliphatic rings. The molecule has 3 heterocycles. The maximum Gasteiger partial charge on any atom is 0.344 e. The molecule has 0 radical (unpaired) electrons. The Morgan fingerprint density at radius 2 is 1.63 bits per heavy atom. The van der Waals surface area contributed by atoms with Crippen LogP contribution >= 0.6 is 0 Å². The summed E-state index contributed by atoms with van der Waals surface area (Å²) in [5.41, 5.74) is 1.70. The van der Waals surface area contributed by atoms with Gasteiger partial charge in [0.05, 0.1) is 33.4 Å². The molecule has 1 atom stereocenters. The van der Waals surface area contributed by atoms with Gasteiger partial charge in [-0.15, -0.1) is 0 Å². The van der Waals surface area contributed by atoms with Gasteiger partial charge >= 0.3 is 6.03 Å². The number of amides is 5. The summed E-state index contributed by atoms with van der Waals surface area (Å²) in [6.07, 6.45) is 0. The summed E-state index contributed by atoms with van der Waals surface area (Å²) in [5, 5.41) is 3.39. The molecule has 0 bridgehead atoms. The Balaban J connectivity index is 1.26. The number of morpholine rings is 1. The Labute approximate surface area is 204 Å². The average molecular weight is 489 g/mol. The number of urea groups is 1. The number of carbonyl (C=O) groups excluding carboxylic acids is 4. The van der Waals surface area contributed by atoms with E-state index in [9.17, 15) is 19.2 Å². The summed E-state index contributed by atoms with van der Waals surface area (Å²) >= 11 is 0. The number of nitrogens with one attached hydrogen (secondary N) is 2. The first kappa shape index (κ1) is 24.9. The topological polar surface area (TPSA) is 124 Å². The van der Waals surface area contributed by atoms with Gasteiger partial charge in [0.25, 0.3) is 11.8 Å². The lowest BCUT2D eigenvalue weighted by atomic mass is 9.92. The SMILES string of the molecule is COc1ccc(C2(C)NC(=O)N(NC(=O)CN3CCN(C(=O)CN4CCOCC4)CC3)C2=O)cc1. The Hall–Kier alpha value is -3.22. The molecule has 35 heavy (non-hydrogen) atoms. The average Bonchev–Trinajstić information content (AvgIpc) is 3.08. The minimum atomic E-state index is -1.30. The highest BCUT2D eigenvalue weighted by Crippen LogP contribution is 2.29. The lowest BCUT2D eigenvalue weighted by molar-refractivity contribution is -0.140. The molecule has 12 nitrogen and oxygen atoms in total. The number of methoxy groups -OCH3 is 1. The van der Waals surface area contributed by atoms with Crippen LogP contribution in [0.15, 0.2) is 24.3 Å². The van der Waals surface area contributed by atoms with Crippen molar-refractivity contribution in [2.75, 3.05) is 72.7 Å². The smallest absolute Gasteiger partial charge is 0.344 e. The van der Waals surface area contributed by atoms with E-state index in [4.69, 9.17) is 9.47 Å². The third-order valence-corrected chi connectivity index (χ3v) is 6.65. The van der Waals surface area contributed by atoms with E-state index in [0.717, 1.165) is 18.1 Å². The van der Waals surface area contributed by atoms with E-state index in [2.05, 4.69) is 15.6 Å². The first-order valence-electron chi connectivity index (χ1n) is 11.7. The van der Waals surface area contributed by atoms with Crippen LogP contribution in [0.25, 0.3) is 0 Å². The number of carbonyl (C=O) groups is 4. The zero-order chi connectivity index (χ0) is 25.0.